The molecule has 2 rings (SSSR count). The van der Waals surface area contributed by atoms with Gasteiger partial charge in [-0.15, -0.1) is 0 Å². The smallest absolute Gasteiger partial charge is 0.118 e. The van der Waals surface area contributed by atoms with Crippen molar-refractivity contribution in [2.45, 2.75) is 5.92 Å². The zero-order chi connectivity index (χ0) is 10.8. The van der Waals surface area contributed by atoms with Crippen molar-refractivity contribution in [1.29, 1.82) is 5.26 Å². The Balaban J connectivity index is 2.37. The first kappa shape index (κ1) is 9.46. The molecular formula is C10H11N5. The van der Waals surface area contributed by atoms with Crippen LogP contribution in [0.15, 0.2) is 24.7 Å². The minimum absolute atomic E-state index is 0.333. The van der Waals surface area contributed by atoms with E-state index < -0.39 is 0 Å². The van der Waals surface area contributed by atoms with Crippen molar-refractivity contribution in [3.05, 3.63) is 35.9 Å². The van der Waals surface area contributed by atoms with Gasteiger partial charge in [-0.2, -0.15) is 15.5 Å². The fourth-order valence-electron chi connectivity index (χ4n) is 1.49. The van der Waals surface area contributed by atoms with Gasteiger partial charge in [0.15, 0.2) is 0 Å². The van der Waals surface area contributed by atoms with Gasteiger partial charge in [0.25, 0.3) is 0 Å². The van der Waals surface area contributed by atoms with Crippen LogP contribution >= 0.6 is 0 Å². The van der Waals surface area contributed by atoms with E-state index in [1.807, 2.05) is 32.6 Å². The minimum Gasteiger partial charge on any atom is -0.275 e. The van der Waals surface area contributed by atoms with Crippen LogP contribution < -0.4 is 0 Å². The number of hydrogen-bond acceptors (Lipinski definition) is 3. The Bertz CT molecular complexity index is 462. The first-order chi connectivity index (χ1) is 7.20. The van der Waals surface area contributed by atoms with Crippen LogP contribution in [-0.4, -0.2) is 19.6 Å². The maximum absolute atomic E-state index is 9.12. The molecule has 2 heterocycles. The molecule has 0 aromatic carbocycles. The monoisotopic (exact) mass is 201 g/mol. The average molecular weight is 201 g/mol. The molecule has 76 valence electrons. The van der Waals surface area contributed by atoms with E-state index in [0.717, 1.165) is 11.3 Å². The Morgan fingerprint density at radius 2 is 2.20 bits per heavy atom. The van der Waals surface area contributed by atoms with E-state index >= 15 is 0 Å². The van der Waals surface area contributed by atoms with Gasteiger partial charge in [0.1, 0.15) is 5.92 Å². The van der Waals surface area contributed by atoms with Crippen molar-refractivity contribution < 1.29 is 0 Å². The topological polar surface area (TPSA) is 59.4 Å². The number of aryl methyl sites for hydroxylation is 2. The predicted octanol–water partition coefficient (Wildman–Crippen LogP) is 0.809. The van der Waals surface area contributed by atoms with Gasteiger partial charge < -0.3 is 0 Å². The Kier molecular flexibility index (Phi) is 2.26. The molecule has 0 saturated carbocycles. The number of hydrogen-bond donors (Lipinski definition) is 0. The first-order valence-electron chi connectivity index (χ1n) is 4.58. The summed E-state index contributed by atoms with van der Waals surface area (Å²) in [6.45, 7) is 0. The molecule has 0 aliphatic heterocycles. The van der Waals surface area contributed by atoms with Crippen molar-refractivity contribution >= 4 is 0 Å². The standard InChI is InChI=1S/C10H11N5/c1-14-4-3-10(13-14)9(5-11)8-6-12-15(2)7-8/h3-4,6-7,9H,1-2H3. The van der Waals surface area contributed by atoms with Crippen LogP contribution in [0.4, 0.5) is 0 Å². The fourth-order valence-corrected chi connectivity index (χ4v) is 1.49. The summed E-state index contributed by atoms with van der Waals surface area (Å²) in [6, 6.07) is 4.08. The molecule has 0 spiro atoms. The highest BCUT2D eigenvalue weighted by atomic mass is 15.3. The van der Waals surface area contributed by atoms with Crippen LogP contribution in [0.1, 0.15) is 17.2 Å². The van der Waals surface area contributed by atoms with Crippen LogP contribution in [-0.2, 0) is 14.1 Å². The predicted molar refractivity (Wildman–Crippen MR) is 53.9 cm³/mol. The van der Waals surface area contributed by atoms with Gasteiger partial charge in [-0.05, 0) is 6.07 Å². The Labute approximate surface area is 87.6 Å². The quantitative estimate of drug-likeness (QED) is 0.722. The molecule has 0 amide bonds. The molecule has 0 N–H and O–H groups in total. The van der Waals surface area contributed by atoms with Crippen LogP contribution in [0.3, 0.4) is 0 Å². The third kappa shape index (κ3) is 1.74. The average Bonchev–Trinajstić information content (AvgIpc) is 2.78. The van der Waals surface area contributed by atoms with Crippen LogP contribution in [0, 0.1) is 11.3 Å². The van der Waals surface area contributed by atoms with Crippen LogP contribution in [0.25, 0.3) is 0 Å². The summed E-state index contributed by atoms with van der Waals surface area (Å²) in [7, 11) is 3.66. The molecule has 0 aliphatic carbocycles. The molecule has 5 heteroatoms. The molecule has 5 nitrogen and oxygen atoms in total. The van der Waals surface area contributed by atoms with Crippen molar-refractivity contribution in [3.63, 3.8) is 0 Å². The van der Waals surface area contributed by atoms with E-state index in [9.17, 15) is 0 Å². The normalized spacial score (nSPS) is 12.3. The van der Waals surface area contributed by atoms with Crippen LogP contribution in [0.2, 0.25) is 0 Å². The van der Waals surface area contributed by atoms with E-state index in [0.29, 0.717) is 0 Å². The largest absolute Gasteiger partial charge is 0.275 e. The summed E-state index contributed by atoms with van der Waals surface area (Å²) in [5.74, 6) is -0.333. The molecular weight excluding hydrogens is 190 g/mol. The molecule has 15 heavy (non-hydrogen) atoms. The second-order valence-corrected chi connectivity index (χ2v) is 3.42. The maximum atomic E-state index is 9.12. The highest BCUT2D eigenvalue weighted by molar-refractivity contribution is 5.30. The number of rotatable bonds is 2. The van der Waals surface area contributed by atoms with Crippen molar-refractivity contribution in [2.75, 3.05) is 0 Å². The summed E-state index contributed by atoms with van der Waals surface area (Å²) in [4.78, 5) is 0. The molecule has 1 unspecified atom stereocenters. The van der Waals surface area contributed by atoms with Gasteiger partial charge in [-0.25, -0.2) is 0 Å². The summed E-state index contributed by atoms with van der Waals surface area (Å²) < 4.78 is 3.37. The molecule has 0 bridgehead atoms. The third-order valence-corrected chi connectivity index (χ3v) is 2.22. The van der Waals surface area contributed by atoms with Gasteiger partial charge in [0.2, 0.25) is 0 Å². The number of aromatic nitrogens is 4. The number of nitrogens with zero attached hydrogens (tertiary/aromatic N) is 5. The van der Waals surface area contributed by atoms with Crippen molar-refractivity contribution in [1.82, 2.24) is 19.6 Å². The third-order valence-electron chi connectivity index (χ3n) is 2.22. The Morgan fingerprint density at radius 1 is 1.40 bits per heavy atom. The van der Waals surface area contributed by atoms with Gasteiger partial charge >= 0.3 is 0 Å². The van der Waals surface area contributed by atoms with Crippen molar-refractivity contribution in [3.8, 4) is 6.07 Å². The maximum Gasteiger partial charge on any atom is 0.118 e. The van der Waals surface area contributed by atoms with Crippen molar-refractivity contribution in [2.24, 2.45) is 14.1 Å². The van der Waals surface area contributed by atoms with E-state index in [4.69, 9.17) is 5.26 Å². The molecule has 1 atom stereocenters. The highest BCUT2D eigenvalue weighted by Crippen LogP contribution is 2.21. The van der Waals surface area contributed by atoms with E-state index in [2.05, 4.69) is 16.3 Å². The molecule has 0 aliphatic rings. The summed E-state index contributed by atoms with van der Waals surface area (Å²) in [6.07, 6.45) is 5.36. The second kappa shape index (κ2) is 3.58. The zero-order valence-electron chi connectivity index (χ0n) is 8.62. The zero-order valence-corrected chi connectivity index (χ0v) is 8.62. The summed E-state index contributed by atoms with van der Waals surface area (Å²) in [5, 5.41) is 17.4. The second-order valence-electron chi connectivity index (χ2n) is 3.42. The first-order valence-corrected chi connectivity index (χ1v) is 4.58. The highest BCUT2D eigenvalue weighted by Gasteiger charge is 2.17. The molecule has 0 radical (unpaired) electrons. The van der Waals surface area contributed by atoms with E-state index in [-0.39, 0.29) is 5.92 Å². The fraction of sp³-hybridized carbons (Fsp3) is 0.300. The minimum atomic E-state index is -0.333. The lowest BCUT2D eigenvalue weighted by atomic mass is 10.0. The molecule has 0 fully saturated rings. The lowest BCUT2D eigenvalue weighted by Gasteiger charge is -2.01. The Morgan fingerprint density at radius 3 is 2.67 bits per heavy atom. The van der Waals surface area contributed by atoms with E-state index in [1.54, 1.807) is 15.6 Å². The number of nitriles is 1. The summed E-state index contributed by atoms with van der Waals surface area (Å²) >= 11 is 0. The molecule has 2 aromatic heterocycles. The Hall–Kier alpha value is -2.09. The van der Waals surface area contributed by atoms with Gasteiger partial charge in [0.05, 0.1) is 18.0 Å². The van der Waals surface area contributed by atoms with Gasteiger partial charge in [0, 0.05) is 32.1 Å². The van der Waals surface area contributed by atoms with Gasteiger partial charge in [-0.1, -0.05) is 0 Å². The molecule has 0 saturated heterocycles. The SMILES string of the molecule is Cn1cc(C(C#N)c2ccn(C)n2)cn1. The lowest BCUT2D eigenvalue weighted by Crippen LogP contribution is -1.99. The lowest BCUT2D eigenvalue weighted by molar-refractivity contribution is 0.739. The van der Waals surface area contributed by atoms with Crippen LogP contribution in [0.5, 0.6) is 0 Å². The van der Waals surface area contributed by atoms with E-state index in [1.165, 1.54) is 0 Å². The summed E-state index contributed by atoms with van der Waals surface area (Å²) in [5.41, 5.74) is 1.63. The van der Waals surface area contributed by atoms with Gasteiger partial charge in [-0.3, -0.25) is 9.36 Å². The molecule has 2 aromatic rings.